The van der Waals surface area contributed by atoms with Crippen LogP contribution in [0, 0.1) is 12.8 Å². The maximum Gasteiger partial charge on any atom is 0.326 e. The smallest absolute Gasteiger partial charge is 0.326 e. The molecule has 2 atom stereocenters. The first-order chi connectivity index (χ1) is 11.8. The predicted octanol–water partition coefficient (Wildman–Crippen LogP) is 2.29. The Labute approximate surface area is 148 Å². The van der Waals surface area contributed by atoms with Gasteiger partial charge in [-0.2, -0.15) is 0 Å². The Morgan fingerprint density at radius 3 is 2.40 bits per heavy atom. The van der Waals surface area contributed by atoms with E-state index in [1.54, 1.807) is 51.1 Å². The largest absolute Gasteiger partial charge is 0.480 e. The zero-order valence-corrected chi connectivity index (χ0v) is 15.1. The lowest BCUT2D eigenvalue weighted by atomic mass is 10.0. The molecule has 0 fully saturated rings. The van der Waals surface area contributed by atoms with Gasteiger partial charge in [0.1, 0.15) is 12.1 Å². The second-order valence-corrected chi connectivity index (χ2v) is 6.27. The van der Waals surface area contributed by atoms with Crippen LogP contribution in [-0.2, 0) is 9.59 Å². The van der Waals surface area contributed by atoms with Crippen molar-refractivity contribution in [3.05, 3.63) is 47.5 Å². The average molecular weight is 346 g/mol. The summed E-state index contributed by atoms with van der Waals surface area (Å²) in [4.78, 5) is 36.2. The summed E-state index contributed by atoms with van der Waals surface area (Å²) in [6.45, 7) is 7.24. The van der Waals surface area contributed by atoms with E-state index >= 15 is 0 Å². The molecule has 1 aromatic rings. The van der Waals surface area contributed by atoms with Crippen molar-refractivity contribution in [1.29, 1.82) is 0 Å². The van der Waals surface area contributed by atoms with E-state index in [0.717, 1.165) is 5.56 Å². The topological polar surface area (TPSA) is 95.5 Å². The molecule has 0 radical (unpaired) electrons. The molecule has 2 amide bonds. The minimum atomic E-state index is -1.11. The van der Waals surface area contributed by atoms with Crippen LogP contribution in [0.5, 0.6) is 0 Å². The summed E-state index contributed by atoms with van der Waals surface area (Å²) in [5.74, 6) is -2.17. The number of carbonyl (C=O) groups is 3. The number of carbonyl (C=O) groups excluding carboxylic acids is 2. The summed E-state index contributed by atoms with van der Waals surface area (Å²) in [7, 11) is 0. The van der Waals surface area contributed by atoms with Gasteiger partial charge in [-0.3, -0.25) is 9.59 Å². The second-order valence-electron chi connectivity index (χ2n) is 6.27. The molecular formula is C19H26N2O4. The van der Waals surface area contributed by atoms with Gasteiger partial charge in [0.15, 0.2) is 0 Å². The fourth-order valence-electron chi connectivity index (χ4n) is 2.30. The van der Waals surface area contributed by atoms with E-state index in [-0.39, 0.29) is 18.2 Å². The minimum Gasteiger partial charge on any atom is -0.480 e. The highest BCUT2D eigenvalue weighted by atomic mass is 16.4. The molecule has 3 N–H and O–H groups in total. The summed E-state index contributed by atoms with van der Waals surface area (Å²) in [5.41, 5.74) is 1.40. The van der Waals surface area contributed by atoms with Gasteiger partial charge in [-0.05, 0) is 38.3 Å². The number of hydrogen-bond donors (Lipinski definition) is 3. The van der Waals surface area contributed by atoms with Crippen molar-refractivity contribution in [2.24, 2.45) is 5.92 Å². The van der Waals surface area contributed by atoms with E-state index in [2.05, 4.69) is 10.6 Å². The highest BCUT2D eigenvalue weighted by molar-refractivity contribution is 5.98. The van der Waals surface area contributed by atoms with Crippen LogP contribution in [-0.4, -0.2) is 35.0 Å². The molecule has 1 rings (SSSR count). The average Bonchev–Trinajstić information content (AvgIpc) is 2.55. The van der Waals surface area contributed by atoms with Crippen LogP contribution >= 0.6 is 0 Å². The number of nitrogens with one attached hydrogen (secondary N) is 2. The number of amides is 2. The summed E-state index contributed by atoms with van der Waals surface area (Å²) >= 11 is 0. The van der Waals surface area contributed by atoms with Crippen LogP contribution in [0.2, 0.25) is 0 Å². The molecule has 1 aromatic carbocycles. The van der Waals surface area contributed by atoms with Crippen LogP contribution in [0.25, 0.3) is 0 Å². The lowest BCUT2D eigenvalue weighted by Crippen LogP contribution is -2.53. The number of hydrogen-bond acceptors (Lipinski definition) is 3. The number of benzene rings is 1. The second kappa shape index (κ2) is 9.61. The molecule has 25 heavy (non-hydrogen) atoms. The quantitative estimate of drug-likeness (QED) is 0.629. The summed E-state index contributed by atoms with van der Waals surface area (Å²) < 4.78 is 0. The van der Waals surface area contributed by atoms with Gasteiger partial charge >= 0.3 is 5.97 Å². The summed E-state index contributed by atoms with van der Waals surface area (Å²) in [6.07, 6.45) is 3.59. The highest BCUT2D eigenvalue weighted by Gasteiger charge is 2.28. The van der Waals surface area contributed by atoms with Crippen LogP contribution < -0.4 is 10.6 Å². The molecule has 6 heteroatoms. The highest BCUT2D eigenvalue weighted by Crippen LogP contribution is 2.08. The zero-order valence-electron chi connectivity index (χ0n) is 15.1. The lowest BCUT2D eigenvalue weighted by Gasteiger charge is -2.23. The van der Waals surface area contributed by atoms with E-state index in [1.807, 2.05) is 13.0 Å². The first-order valence-electron chi connectivity index (χ1n) is 8.28. The molecule has 0 aliphatic rings. The Kier molecular flexibility index (Phi) is 7.85. The number of allylic oxidation sites excluding steroid dienone is 1. The third-order valence-electron chi connectivity index (χ3n) is 3.74. The fraction of sp³-hybridized carbons (Fsp3) is 0.421. The van der Waals surface area contributed by atoms with Gasteiger partial charge in [0.25, 0.3) is 5.91 Å². The Hall–Kier alpha value is -2.63. The van der Waals surface area contributed by atoms with E-state index in [1.165, 1.54) is 0 Å². The molecular weight excluding hydrogens is 320 g/mol. The number of aryl methyl sites for hydroxylation is 1. The third-order valence-corrected chi connectivity index (χ3v) is 3.74. The van der Waals surface area contributed by atoms with Gasteiger partial charge in [0.2, 0.25) is 5.91 Å². The molecule has 0 bridgehead atoms. The zero-order chi connectivity index (χ0) is 19.0. The standard InChI is InChI=1S/C19H26N2O4/c1-5-6-10-15(19(24)25)20-18(23)16(12(2)3)21-17(22)14-9-7-8-13(4)11-14/h5-9,11-12,15-16H,10H2,1-4H3,(H,20,23)(H,21,22)(H,24,25)/b6-5+. The monoisotopic (exact) mass is 346 g/mol. The van der Waals surface area contributed by atoms with E-state index in [9.17, 15) is 19.5 Å². The van der Waals surface area contributed by atoms with E-state index in [4.69, 9.17) is 0 Å². The van der Waals surface area contributed by atoms with Crippen molar-refractivity contribution in [2.75, 3.05) is 0 Å². The molecule has 0 spiro atoms. The molecule has 6 nitrogen and oxygen atoms in total. The fourth-order valence-corrected chi connectivity index (χ4v) is 2.30. The molecule has 0 aliphatic carbocycles. The van der Waals surface area contributed by atoms with Crippen molar-refractivity contribution in [3.63, 3.8) is 0 Å². The van der Waals surface area contributed by atoms with Crippen LogP contribution in [0.15, 0.2) is 36.4 Å². The Bertz CT molecular complexity index is 653. The van der Waals surface area contributed by atoms with Gasteiger partial charge in [0.05, 0.1) is 0 Å². The summed E-state index contributed by atoms with van der Waals surface area (Å²) in [5, 5.41) is 14.4. The molecule has 136 valence electrons. The Balaban J connectivity index is 2.86. The number of carboxylic acid groups (broad SMARTS) is 1. The van der Waals surface area contributed by atoms with Crippen molar-refractivity contribution in [2.45, 2.75) is 46.2 Å². The molecule has 0 aliphatic heterocycles. The van der Waals surface area contributed by atoms with E-state index < -0.39 is 24.0 Å². The maximum absolute atomic E-state index is 12.5. The normalized spacial score (nSPS) is 13.5. The number of aliphatic carboxylic acids is 1. The van der Waals surface area contributed by atoms with Crippen molar-refractivity contribution in [1.82, 2.24) is 10.6 Å². The predicted molar refractivity (Wildman–Crippen MR) is 96.3 cm³/mol. The first kappa shape index (κ1) is 20.4. The Morgan fingerprint density at radius 1 is 1.20 bits per heavy atom. The van der Waals surface area contributed by atoms with Gasteiger partial charge in [-0.1, -0.05) is 43.7 Å². The number of carboxylic acids is 1. The van der Waals surface area contributed by atoms with Crippen molar-refractivity contribution in [3.8, 4) is 0 Å². The molecule has 0 saturated carbocycles. The first-order valence-corrected chi connectivity index (χ1v) is 8.28. The van der Waals surface area contributed by atoms with E-state index in [0.29, 0.717) is 5.56 Å². The number of rotatable bonds is 8. The van der Waals surface area contributed by atoms with Crippen molar-refractivity contribution >= 4 is 17.8 Å². The van der Waals surface area contributed by atoms with Crippen LogP contribution in [0.1, 0.15) is 43.1 Å². The SMILES string of the molecule is C/C=C/CC(NC(=O)C(NC(=O)c1cccc(C)c1)C(C)C)C(=O)O. The van der Waals surface area contributed by atoms with Crippen LogP contribution in [0.3, 0.4) is 0 Å². The third kappa shape index (κ3) is 6.41. The van der Waals surface area contributed by atoms with Gasteiger partial charge in [0, 0.05) is 5.56 Å². The van der Waals surface area contributed by atoms with Gasteiger partial charge in [-0.25, -0.2) is 4.79 Å². The summed E-state index contributed by atoms with van der Waals surface area (Å²) in [6, 6.07) is 5.20. The van der Waals surface area contributed by atoms with Crippen LogP contribution in [0.4, 0.5) is 0 Å². The van der Waals surface area contributed by atoms with Gasteiger partial charge < -0.3 is 15.7 Å². The molecule has 0 saturated heterocycles. The minimum absolute atomic E-state index is 0.189. The lowest BCUT2D eigenvalue weighted by molar-refractivity contribution is -0.142. The molecule has 0 heterocycles. The van der Waals surface area contributed by atoms with Gasteiger partial charge in [-0.15, -0.1) is 0 Å². The molecule has 2 unspecified atom stereocenters. The maximum atomic E-state index is 12.5. The Morgan fingerprint density at radius 2 is 1.88 bits per heavy atom. The molecule has 0 aromatic heterocycles. The van der Waals surface area contributed by atoms with Crippen molar-refractivity contribution < 1.29 is 19.5 Å².